The summed E-state index contributed by atoms with van der Waals surface area (Å²) in [4.78, 5) is 11.4. The van der Waals surface area contributed by atoms with E-state index in [4.69, 9.17) is 10.5 Å². The van der Waals surface area contributed by atoms with Crippen LogP contribution in [-0.2, 0) is 9.53 Å². The van der Waals surface area contributed by atoms with E-state index in [1.54, 1.807) is 6.08 Å². The molecule has 1 amide bonds. The minimum atomic E-state index is -0.816. The predicted molar refractivity (Wildman–Crippen MR) is 45.6 cm³/mol. The molecule has 0 spiro atoms. The monoisotopic (exact) mass is 170 g/mol. The quantitative estimate of drug-likeness (QED) is 0.556. The standard InChI is InChI=1S/C8H14N2O2/c1-2-4-10-7(11)8(9)3-5-12-6-8/h2H,1,3-6,9H2,(H,10,11). The van der Waals surface area contributed by atoms with Crippen molar-refractivity contribution in [1.29, 1.82) is 0 Å². The molecule has 0 bridgehead atoms. The van der Waals surface area contributed by atoms with Gasteiger partial charge in [-0.1, -0.05) is 6.08 Å². The molecule has 68 valence electrons. The van der Waals surface area contributed by atoms with Crippen LogP contribution >= 0.6 is 0 Å². The predicted octanol–water partition coefficient (Wildman–Crippen LogP) is -0.594. The number of nitrogens with one attached hydrogen (secondary N) is 1. The van der Waals surface area contributed by atoms with Crippen molar-refractivity contribution < 1.29 is 9.53 Å². The first-order valence-electron chi connectivity index (χ1n) is 3.95. The van der Waals surface area contributed by atoms with Gasteiger partial charge in [-0.2, -0.15) is 0 Å². The number of carbonyl (C=O) groups excluding carboxylic acids is 1. The molecular weight excluding hydrogens is 156 g/mol. The summed E-state index contributed by atoms with van der Waals surface area (Å²) in [6, 6.07) is 0. The zero-order valence-electron chi connectivity index (χ0n) is 7.01. The second kappa shape index (κ2) is 3.69. The van der Waals surface area contributed by atoms with Crippen molar-refractivity contribution in [3.05, 3.63) is 12.7 Å². The molecule has 0 aromatic carbocycles. The molecule has 3 N–H and O–H groups in total. The Morgan fingerprint density at radius 3 is 3.08 bits per heavy atom. The number of hydrogen-bond acceptors (Lipinski definition) is 3. The first kappa shape index (κ1) is 9.22. The van der Waals surface area contributed by atoms with Crippen LogP contribution in [0.3, 0.4) is 0 Å². The Labute approximate surface area is 71.8 Å². The van der Waals surface area contributed by atoms with E-state index in [9.17, 15) is 4.79 Å². The number of hydrogen-bond donors (Lipinski definition) is 2. The van der Waals surface area contributed by atoms with Gasteiger partial charge in [-0.3, -0.25) is 4.79 Å². The maximum Gasteiger partial charge on any atom is 0.242 e. The molecule has 1 saturated heterocycles. The largest absolute Gasteiger partial charge is 0.379 e. The molecule has 1 rings (SSSR count). The fraction of sp³-hybridized carbons (Fsp3) is 0.625. The number of nitrogens with two attached hydrogens (primary N) is 1. The maximum atomic E-state index is 11.4. The minimum absolute atomic E-state index is 0.153. The average molecular weight is 170 g/mol. The summed E-state index contributed by atoms with van der Waals surface area (Å²) in [5.74, 6) is -0.153. The highest BCUT2D eigenvalue weighted by Crippen LogP contribution is 2.14. The lowest BCUT2D eigenvalue weighted by Gasteiger charge is -2.19. The molecule has 0 saturated carbocycles. The Bertz CT molecular complexity index is 185. The molecule has 1 fully saturated rings. The van der Waals surface area contributed by atoms with Gasteiger partial charge in [0, 0.05) is 13.2 Å². The van der Waals surface area contributed by atoms with E-state index >= 15 is 0 Å². The molecule has 1 aliphatic rings. The second-order valence-corrected chi connectivity index (χ2v) is 2.96. The van der Waals surface area contributed by atoms with Crippen LogP contribution in [0.1, 0.15) is 6.42 Å². The molecular formula is C8H14N2O2. The van der Waals surface area contributed by atoms with Crippen molar-refractivity contribution in [3.8, 4) is 0 Å². The van der Waals surface area contributed by atoms with Gasteiger partial charge in [-0.25, -0.2) is 0 Å². The lowest BCUT2D eigenvalue weighted by molar-refractivity contribution is -0.126. The van der Waals surface area contributed by atoms with E-state index in [0.29, 0.717) is 26.2 Å². The van der Waals surface area contributed by atoms with Crippen molar-refractivity contribution in [2.75, 3.05) is 19.8 Å². The van der Waals surface area contributed by atoms with Gasteiger partial charge in [0.25, 0.3) is 0 Å². The fourth-order valence-corrected chi connectivity index (χ4v) is 1.10. The highest BCUT2D eigenvalue weighted by Gasteiger charge is 2.37. The maximum absolute atomic E-state index is 11.4. The SMILES string of the molecule is C=CCNC(=O)C1(N)CCOC1. The third-order valence-electron chi connectivity index (χ3n) is 1.91. The summed E-state index contributed by atoms with van der Waals surface area (Å²) in [6.07, 6.45) is 2.22. The van der Waals surface area contributed by atoms with Gasteiger partial charge < -0.3 is 15.8 Å². The Morgan fingerprint density at radius 1 is 1.83 bits per heavy atom. The lowest BCUT2D eigenvalue weighted by atomic mass is 9.99. The Morgan fingerprint density at radius 2 is 2.58 bits per heavy atom. The molecule has 4 heteroatoms. The van der Waals surface area contributed by atoms with Gasteiger partial charge in [-0.05, 0) is 6.42 Å². The van der Waals surface area contributed by atoms with Crippen LogP contribution in [0, 0.1) is 0 Å². The number of rotatable bonds is 3. The van der Waals surface area contributed by atoms with E-state index in [1.807, 2.05) is 0 Å². The van der Waals surface area contributed by atoms with Crippen molar-refractivity contribution in [3.63, 3.8) is 0 Å². The van der Waals surface area contributed by atoms with E-state index in [2.05, 4.69) is 11.9 Å². The van der Waals surface area contributed by atoms with Crippen LogP contribution in [0.5, 0.6) is 0 Å². The van der Waals surface area contributed by atoms with Crippen LogP contribution < -0.4 is 11.1 Å². The van der Waals surface area contributed by atoms with Crippen molar-refractivity contribution in [1.82, 2.24) is 5.32 Å². The summed E-state index contributed by atoms with van der Waals surface area (Å²) in [7, 11) is 0. The summed E-state index contributed by atoms with van der Waals surface area (Å²) in [5.41, 5.74) is 4.96. The first-order chi connectivity index (χ1) is 5.69. The number of ether oxygens (including phenoxy) is 1. The van der Waals surface area contributed by atoms with E-state index in [0.717, 1.165) is 0 Å². The zero-order chi connectivity index (χ0) is 9.03. The van der Waals surface area contributed by atoms with Gasteiger partial charge >= 0.3 is 0 Å². The van der Waals surface area contributed by atoms with Crippen LogP contribution in [-0.4, -0.2) is 31.2 Å². The van der Waals surface area contributed by atoms with Gasteiger partial charge in [-0.15, -0.1) is 6.58 Å². The number of carbonyl (C=O) groups is 1. The minimum Gasteiger partial charge on any atom is -0.379 e. The van der Waals surface area contributed by atoms with Crippen LogP contribution in [0.25, 0.3) is 0 Å². The first-order valence-corrected chi connectivity index (χ1v) is 3.95. The average Bonchev–Trinajstić information content (AvgIpc) is 2.49. The molecule has 1 aliphatic heterocycles. The van der Waals surface area contributed by atoms with Gasteiger partial charge in [0.15, 0.2) is 0 Å². The molecule has 1 atom stereocenters. The van der Waals surface area contributed by atoms with E-state index in [1.165, 1.54) is 0 Å². The molecule has 0 radical (unpaired) electrons. The van der Waals surface area contributed by atoms with Gasteiger partial charge in [0.2, 0.25) is 5.91 Å². The number of amides is 1. The summed E-state index contributed by atoms with van der Waals surface area (Å²) in [5, 5.41) is 2.65. The molecule has 0 aromatic heterocycles. The fourth-order valence-electron chi connectivity index (χ4n) is 1.10. The third-order valence-corrected chi connectivity index (χ3v) is 1.91. The zero-order valence-corrected chi connectivity index (χ0v) is 7.01. The Kier molecular flexibility index (Phi) is 2.83. The van der Waals surface area contributed by atoms with Crippen molar-refractivity contribution in [2.24, 2.45) is 5.73 Å². The second-order valence-electron chi connectivity index (χ2n) is 2.96. The Balaban J connectivity index is 2.44. The summed E-state index contributed by atoms with van der Waals surface area (Å²) < 4.78 is 5.05. The smallest absolute Gasteiger partial charge is 0.242 e. The van der Waals surface area contributed by atoms with Crippen molar-refractivity contribution >= 4 is 5.91 Å². The Hall–Kier alpha value is -0.870. The topological polar surface area (TPSA) is 64.4 Å². The molecule has 1 unspecified atom stereocenters. The molecule has 0 aliphatic carbocycles. The summed E-state index contributed by atoms with van der Waals surface area (Å²) >= 11 is 0. The van der Waals surface area contributed by atoms with Gasteiger partial charge in [0.1, 0.15) is 5.54 Å². The van der Waals surface area contributed by atoms with E-state index in [-0.39, 0.29) is 5.91 Å². The normalized spacial score (nSPS) is 28.4. The summed E-state index contributed by atoms with van der Waals surface area (Å²) in [6.45, 7) is 4.83. The van der Waals surface area contributed by atoms with Crippen LogP contribution in [0.2, 0.25) is 0 Å². The van der Waals surface area contributed by atoms with Crippen molar-refractivity contribution in [2.45, 2.75) is 12.0 Å². The van der Waals surface area contributed by atoms with E-state index < -0.39 is 5.54 Å². The molecule has 4 nitrogen and oxygen atoms in total. The molecule has 12 heavy (non-hydrogen) atoms. The van der Waals surface area contributed by atoms with Gasteiger partial charge in [0.05, 0.1) is 6.61 Å². The third kappa shape index (κ3) is 1.84. The highest BCUT2D eigenvalue weighted by molar-refractivity contribution is 5.86. The van der Waals surface area contributed by atoms with Crippen LogP contribution in [0.15, 0.2) is 12.7 Å². The highest BCUT2D eigenvalue weighted by atomic mass is 16.5. The molecule has 0 aromatic rings. The van der Waals surface area contributed by atoms with Crippen LogP contribution in [0.4, 0.5) is 0 Å². The molecule has 1 heterocycles. The lowest BCUT2D eigenvalue weighted by Crippen LogP contribution is -2.54.